The summed E-state index contributed by atoms with van der Waals surface area (Å²) in [6.07, 6.45) is 0.763. The molecule has 10 heteroatoms. The molecular formula is C25H28N2O6S2. The van der Waals surface area contributed by atoms with Crippen molar-refractivity contribution in [2.75, 3.05) is 12.4 Å². The fourth-order valence-electron chi connectivity index (χ4n) is 3.35. The molecule has 0 radical (unpaired) electrons. The fourth-order valence-corrected chi connectivity index (χ4v) is 4.96. The number of rotatable bonds is 10. The van der Waals surface area contributed by atoms with Crippen molar-refractivity contribution in [1.82, 2.24) is 4.90 Å². The standard InChI is InChI=1S/C25H28N2O6S2/c1-5-17(2)27(25(29)24-7-6-14-34-24)16-19-8-13-22(32-4)23(15-19)33-35(30,31)21-11-9-20(10-12-21)26-18(3)28/h6-15,17H,5,16H2,1-4H3,(H,26,28). The highest BCUT2D eigenvalue weighted by atomic mass is 32.2. The third-order valence-electron chi connectivity index (χ3n) is 5.36. The summed E-state index contributed by atoms with van der Waals surface area (Å²) in [5, 5.41) is 4.44. The molecule has 1 unspecified atom stereocenters. The normalized spacial score (nSPS) is 12.0. The van der Waals surface area contributed by atoms with Crippen molar-refractivity contribution in [2.24, 2.45) is 0 Å². The number of carbonyl (C=O) groups excluding carboxylic acids is 2. The predicted molar refractivity (Wildman–Crippen MR) is 135 cm³/mol. The molecule has 1 aromatic heterocycles. The van der Waals surface area contributed by atoms with Gasteiger partial charge in [-0.15, -0.1) is 11.3 Å². The van der Waals surface area contributed by atoms with E-state index in [1.807, 2.05) is 25.3 Å². The van der Waals surface area contributed by atoms with E-state index in [1.165, 1.54) is 49.6 Å². The van der Waals surface area contributed by atoms with E-state index in [9.17, 15) is 18.0 Å². The van der Waals surface area contributed by atoms with Gasteiger partial charge in [0.05, 0.1) is 12.0 Å². The van der Waals surface area contributed by atoms with E-state index in [0.29, 0.717) is 16.1 Å². The summed E-state index contributed by atoms with van der Waals surface area (Å²) < 4.78 is 36.6. The van der Waals surface area contributed by atoms with Crippen LogP contribution in [0.2, 0.25) is 0 Å². The lowest BCUT2D eigenvalue weighted by Crippen LogP contribution is -2.37. The van der Waals surface area contributed by atoms with Crippen LogP contribution in [0.15, 0.2) is 64.9 Å². The highest BCUT2D eigenvalue weighted by molar-refractivity contribution is 7.87. The number of methoxy groups -OCH3 is 1. The van der Waals surface area contributed by atoms with Crippen LogP contribution in [0.4, 0.5) is 5.69 Å². The summed E-state index contributed by atoms with van der Waals surface area (Å²) in [5.41, 5.74) is 1.17. The van der Waals surface area contributed by atoms with E-state index < -0.39 is 10.1 Å². The molecule has 0 saturated carbocycles. The summed E-state index contributed by atoms with van der Waals surface area (Å²) in [4.78, 5) is 26.6. The Bertz CT molecular complexity index is 1270. The molecule has 8 nitrogen and oxygen atoms in total. The minimum atomic E-state index is -4.18. The van der Waals surface area contributed by atoms with E-state index in [4.69, 9.17) is 8.92 Å². The number of thiophene rings is 1. The average Bonchev–Trinajstić information content (AvgIpc) is 3.36. The number of hydrogen-bond acceptors (Lipinski definition) is 7. The molecule has 2 aromatic carbocycles. The molecule has 1 heterocycles. The quantitative estimate of drug-likeness (QED) is 0.384. The van der Waals surface area contributed by atoms with Gasteiger partial charge in [-0.05, 0) is 66.8 Å². The second-order valence-electron chi connectivity index (χ2n) is 7.90. The Morgan fingerprint density at radius 2 is 1.80 bits per heavy atom. The van der Waals surface area contributed by atoms with Crippen LogP contribution in [0, 0.1) is 0 Å². The minimum absolute atomic E-state index is 0.0172. The van der Waals surface area contributed by atoms with Gasteiger partial charge in [-0.3, -0.25) is 9.59 Å². The Morgan fingerprint density at radius 3 is 2.37 bits per heavy atom. The number of ether oxygens (including phenoxy) is 1. The van der Waals surface area contributed by atoms with Gasteiger partial charge >= 0.3 is 10.1 Å². The Kier molecular flexibility index (Phi) is 8.52. The van der Waals surface area contributed by atoms with Crippen molar-refractivity contribution in [1.29, 1.82) is 0 Å². The first-order valence-corrected chi connectivity index (χ1v) is 13.3. The molecule has 0 fully saturated rings. The lowest BCUT2D eigenvalue weighted by atomic mass is 10.1. The van der Waals surface area contributed by atoms with Gasteiger partial charge in [0.2, 0.25) is 5.91 Å². The third kappa shape index (κ3) is 6.61. The van der Waals surface area contributed by atoms with Gasteiger partial charge in [-0.2, -0.15) is 8.42 Å². The zero-order chi connectivity index (χ0) is 25.6. The number of carbonyl (C=O) groups is 2. The maximum atomic E-state index is 13.1. The lowest BCUT2D eigenvalue weighted by Gasteiger charge is -2.28. The predicted octanol–water partition coefficient (Wildman–Crippen LogP) is 4.92. The monoisotopic (exact) mass is 516 g/mol. The molecular weight excluding hydrogens is 488 g/mol. The van der Waals surface area contributed by atoms with Gasteiger partial charge < -0.3 is 19.1 Å². The second kappa shape index (κ2) is 11.4. The largest absolute Gasteiger partial charge is 0.493 e. The highest BCUT2D eigenvalue weighted by Gasteiger charge is 2.24. The van der Waals surface area contributed by atoms with E-state index in [1.54, 1.807) is 29.2 Å². The summed E-state index contributed by atoms with van der Waals surface area (Å²) in [6.45, 7) is 5.62. The van der Waals surface area contributed by atoms with Crippen molar-refractivity contribution in [2.45, 2.75) is 44.7 Å². The van der Waals surface area contributed by atoms with Crippen LogP contribution in [-0.4, -0.2) is 38.3 Å². The first kappa shape index (κ1) is 26.2. The molecule has 0 aliphatic rings. The molecule has 35 heavy (non-hydrogen) atoms. The van der Waals surface area contributed by atoms with Crippen molar-refractivity contribution >= 4 is 39.0 Å². The molecule has 3 aromatic rings. The number of nitrogens with zero attached hydrogens (tertiary/aromatic N) is 1. The maximum Gasteiger partial charge on any atom is 0.339 e. The Labute approximate surface area is 209 Å². The third-order valence-corrected chi connectivity index (χ3v) is 7.47. The van der Waals surface area contributed by atoms with Crippen LogP contribution in [0.1, 0.15) is 42.4 Å². The molecule has 0 saturated heterocycles. The summed E-state index contributed by atoms with van der Waals surface area (Å²) in [6, 6.07) is 14.2. The summed E-state index contributed by atoms with van der Waals surface area (Å²) >= 11 is 1.38. The highest BCUT2D eigenvalue weighted by Crippen LogP contribution is 2.32. The Morgan fingerprint density at radius 1 is 1.09 bits per heavy atom. The Balaban J connectivity index is 1.87. The van der Waals surface area contributed by atoms with Crippen LogP contribution < -0.4 is 14.2 Å². The van der Waals surface area contributed by atoms with Crippen molar-refractivity contribution in [3.8, 4) is 11.5 Å². The molecule has 1 atom stereocenters. The maximum absolute atomic E-state index is 13.1. The van der Waals surface area contributed by atoms with Crippen molar-refractivity contribution in [3.05, 3.63) is 70.4 Å². The molecule has 1 N–H and O–H groups in total. The van der Waals surface area contributed by atoms with Gasteiger partial charge in [0.1, 0.15) is 4.90 Å². The first-order valence-electron chi connectivity index (χ1n) is 11.0. The zero-order valence-electron chi connectivity index (χ0n) is 20.0. The van der Waals surface area contributed by atoms with E-state index in [2.05, 4.69) is 5.32 Å². The number of amides is 2. The summed E-state index contributed by atoms with van der Waals surface area (Å²) in [7, 11) is -2.76. The molecule has 0 bridgehead atoms. The van der Waals surface area contributed by atoms with Gasteiger partial charge in [0, 0.05) is 25.2 Å². The topological polar surface area (TPSA) is 102 Å². The Hall–Kier alpha value is -3.37. The number of anilines is 1. The number of hydrogen-bond donors (Lipinski definition) is 1. The molecule has 3 rings (SSSR count). The van der Waals surface area contributed by atoms with Crippen molar-refractivity contribution < 1.29 is 26.9 Å². The van der Waals surface area contributed by atoms with Gasteiger partial charge in [-0.25, -0.2) is 0 Å². The number of benzene rings is 2. The second-order valence-corrected chi connectivity index (χ2v) is 10.4. The summed E-state index contributed by atoms with van der Waals surface area (Å²) in [5.74, 6) is -0.0857. The van der Waals surface area contributed by atoms with Crippen LogP contribution in [0.25, 0.3) is 0 Å². The van der Waals surface area contributed by atoms with Crippen LogP contribution in [0.3, 0.4) is 0 Å². The number of nitrogens with one attached hydrogen (secondary N) is 1. The smallest absolute Gasteiger partial charge is 0.339 e. The van der Waals surface area contributed by atoms with Gasteiger partial charge in [-0.1, -0.05) is 19.1 Å². The van der Waals surface area contributed by atoms with Gasteiger partial charge in [0.15, 0.2) is 11.5 Å². The SMILES string of the molecule is CCC(C)N(Cc1ccc(OC)c(OS(=O)(=O)c2ccc(NC(C)=O)cc2)c1)C(=O)c1cccs1. The molecule has 186 valence electrons. The lowest BCUT2D eigenvalue weighted by molar-refractivity contribution is -0.114. The first-order chi connectivity index (χ1) is 16.6. The zero-order valence-corrected chi connectivity index (χ0v) is 21.6. The molecule has 0 spiro atoms. The van der Waals surface area contributed by atoms with E-state index >= 15 is 0 Å². The molecule has 0 aliphatic carbocycles. The minimum Gasteiger partial charge on any atom is -0.493 e. The average molecular weight is 517 g/mol. The van der Waals surface area contributed by atoms with Gasteiger partial charge in [0.25, 0.3) is 5.91 Å². The fraction of sp³-hybridized carbons (Fsp3) is 0.280. The molecule has 0 aliphatic heterocycles. The van der Waals surface area contributed by atoms with Crippen molar-refractivity contribution in [3.63, 3.8) is 0 Å². The molecule has 2 amide bonds. The van der Waals surface area contributed by atoms with E-state index in [-0.39, 0.29) is 40.8 Å². The van der Waals surface area contributed by atoms with Crippen LogP contribution >= 0.6 is 11.3 Å². The van der Waals surface area contributed by atoms with Crippen LogP contribution in [-0.2, 0) is 21.5 Å². The van der Waals surface area contributed by atoms with Crippen LogP contribution in [0.5, 0.6) is 11.5 Å². The van der Waals surface area contributed by atoms with E-state index in [0.717, 1.165) is 6.42 Å².